The van der Waals surface area contributed by atoms with E-state index in [4.69, 9.17) is 9.47 Å². The van der Waals surface area contributed by atoms with E-state index in [1.807, 2.05) is 0 Å². The minimum atomic E-state index is -0.531. The van der Waals surface area contributed by atoms with Gasteiger partial charge in [-0.05, 0) is 31.4 Å². The predicted octanol–water partition coefficient (Wildman–Crippen LogP) is 3.61. The number of hydrogen-bond donors (Lipinski definition) is 2. The van der Waals surface area contributed by atoms with Crippen molar-refractivity contribution in [1.82, 2.24) is 10.6 Å². The molecule has 1 aliphatic rings. The molecule has 2 rings (SSSR count). The molecule has 8 heteroatoms. The van der Waals surface area contributed by atoms with Gasteiger partial charge in [0.25, 0.3) is 0 Å². The van der Waals surface area contributed by atoms with Crippen LogP contribution in [0.5, 0.6) is 0 Å². The van der Waals surface area contributed by atoms with Crippen LogP contribution in [0.3, 0.4) is 0 Å². The van der Waals surface area contributed by atoms with Crippen molar-refractivity contribution in [3.05, 3.63) is 35.4 Å². The number of halogens is 3. The summed E-state index contributed by atoms with van der Waals surface area (Å²) in [4.78, 5) is 4.21. The molecule has 0 atom stereocenters. The van der Waals surface area contributed by atoms with Gasteiger partial charge in [-0.25, -0.2) is 8.78 Å². The molecule has 28 heavy (non-hydrogen) atoms. The fourth-order valence-corrected chi connectivity index (χ4v) is 3.67. The average molecular weight is 511 g/mol. The summed E-state index contributed by atoms with van der Waals surface area (Å²) >= 11 is 0. The molecule has 0 radical (unpaired) electrons. The standard InChI is InChI=1S/C20H31F2N3O2.HI/c1-23-19(24-11-6-12-27-14-13-26-2)25-15-20(9-3-4-10-20)18-16(21)7-5-8-17(18)22;/h5,7-8H,3-4,6,9-15H2,1-2H3,(H2,23,24,25);1H. The molecule has 0 saturated heterocycles. The number of rotatable bonds is 10. The second-order valence-electron chi connectivity index (χ2n) is 6.90. The first-order valence-corrected chi connectivity index (χ1v) is 9.58. The highest BCUT2D eigenvalue weighted by Crippen LogP contribution is 2.42. The molecular formula is C20H32F2IN3O2. The average Bonchev–Trinajstić information content (AvgIpc) is 3.13. The Hall–Kier alpha value is -1.000. The molecule has 160 valence electrons. The SMILES string of the molecule is CN=C(NCCCOCCOC)NCC1(c2c(F)cccc2F)CCCC1.I. The molecule has 1 aromatic rings. The third-order valence-electron chi connectivity index (χ3n) is 5.06. The zero-order valence-electron chi connectivity index (χ0n) is 16.7. The Morgan fingerprint density at radius 3 is 2.39 bits per heavy atom. The number of aliphatic imine (C=N–C) groups is 1. The largest absolute Gasteiger partial charge is 0.382 e. The van der Waals surface area contributed by atoms with E-state index in [-0.39, 0.29) is 29.5 Å². The zero-order valence-corrected chi connectivity index (χ0v) is 19.1. The van der Waals surface area contributed by atoms with Crippen LogP contribution < -0.4 is 10.6 Å². The Balaban J connectivity index is 0.00000392. The molecule has 0 aliphatic heterocycles. The van der Waals surface area contributed by atoms with Gasteiger partial charge in [0.15, 0.2) is 5.96 Å². The maximum Gasteiger partial charge on any atom is 0.191 e. The second-order valence-corrected chi connectivity index (χ2v) is 6.90. The molecule has 0 amide bonds. The van der Waals surface area contributed by atoms with Gasteiger partial charge in [-0.15, -0.1) is 24.0 Å². The smallest absolute Gasteiger partial charge is 0.191 e. The first-order chi connectivity index (χ1) is 13.1. The minimum Gasteiger partial charge on any atom is -0.382 e. The highest BCUT2D eigenvalue weighted by atomic mass is 127. The van der Waals surface area contributed by atoms with Gasteiger partial charge in [0.1, 0.15) is 11.6 Å². The summed E-state index contributed by atoms with van der Waals surface area (Å²) in [6.07, 6.45) is 4.31. The molecule has 0 spiro atoms. The third-order valence-corrected chi connectivity index (χ3v) is 5.06. The Kier molecular flexibility index (Phi) is 11.9. The lowest BCUT2D eigenvalue weighted by molar-refractivity contribution is 0.0698. The highest BCUT2D eigenvalue weighted by Gasteiger charge is 2.39. The fourth-order valence-electron chi connectivity index (χ4n) is 3.67. The molecular weight excluding hydrogens is 479 g/mol. The first kappa shape index (κ1) is 25.0. The summed E-state index contributed by atoms with van der Waals surface area (Å²) in [6.45, 7) is 2.96. The van der Waals surface area contributed by atoms with Crippen molar-refractivity contribution in [3.63, 3.8) is 0 Å². The monoisotopic (exact) mass is 511 g/mol. The predicted molar refractivity (Wildman–Crippen MR) is 119 cm³/mol. The minimum absolute atomic E-state index is 0. The molecule has 2 N–H and O–H groups in total. The van der Waals surface area contributed by atoms with Crippen LogP contribution in [-0.4, -0.2) is 53.0 Å². The maximum atomic E-state index is 14.4. The zero-order chi connectivity index (χ0) is 19.5. The van der Waals surface area contributed by atoms with Crippen LogP contribution in [0.4, 0.5) is 8.78 Å². The van der Waals surface area contributed by atoms with E-state index in [9.17, 15) is 8.78 Å². The van der Waals surface area contributed by atoms with Crippen molar-refractivity contribution in [2.45, 2.75) is 37.5 Å². The van der Waals surface area contributed by atoms with E-state index < -0.39 is 17.0 Å². The fraction of sp³-hybridized carbons (Fsp3) is 0.650. The molecule has 1 aromatic carbocycles. The van der Waals surface area contributed by atoms with Crippen LogP contribution in [0, 0.1) is 11.6 Å². The summed E-state index contributed by atoms with van der Waals surface area (Å²) in [6, 6.07) is 4.10. The first-order valence-electron chi connectivity index (χ1n) is 9.58. The van der Waals surface area contributed by atoms with Gasteiger partial charge in [-0.1, -0.05) is 18.9 Å². The van der Waals surface area contributed by atoms with Crippen molar-refractivity contribution in [3.8, 4) is 0 Å². The Morgan fingerprint density at radius 1 is 1.11 bits per heavy atom. The van der Waals surface area contributed by atoms with Crippen LogP contribution in [0.1, 0.15) is 37.7 Å². The van der Waals surface area contributed by atoms with Crippen LogP contribution in [-0.2, 0) is 14.9 Å². The lowest BCUT2D eigenvalue weighted by Gasteiger charge is -2.31. The summed E-state index contributed by atoms with van der Waals surface area (Å²) in [5.74, 6) is -0.292. The summed E-state index contributed by atoms with van der Waals surface area (Å²) in [7, 11) is 3.33. The lowest BCUT2D eigenvalue weighted by atomic mass is 9.78. The molecule has 1 saturated carbocycles. The molecule has 0 heterocycles. The molecule has 1 aliphatic carbocycles. The van der Waals surface area contributed by atoms with Crippen molar-refractivity contribution in [1.29, 1.82) is 0 Å². The van der Waals surface area contributed by atoms with Crippen LogP contribution in [0.2, 0.25) is 0 Å². The van der Waals surface area contributed by atoms with Gasteiger partial charge >= 0.3 is 0 Å². The number of nitrogens with zero attached hydrogens (tertiary/aromatic N) is 1. The topological polar surface area (TPSA) is 54.9 Å². The van der Waals surface area contributed by atoms with Crippen LogP contribution >= 0.6 is 24.0 Å². The maximum absolute atomic E-state index is 14.4. The number of benzene rings is 1. The van der Waals surface area contributed by atoms with E-state index in [2.05, 4.69) is 15.6 Å². The number of methoxy groups -OCH3 is 1. The van der Waals surface area contributed by atoms with Crippen LogP contribution in [0.15, 0.2) is 23.2 Å². The number of hydrogen-bond acceptors (Lipinski definition) is 3. The molecule has 0 bridgehead atoms. The van der Waals surface area contributed by atoms with Gasteiger partial charge in [0, 0.05) is 44.8 Å². The van der Waals surface area contributed by atoms with Gasteiger partial charge < -0.3 is 20.1 Å². The van der Waals surface area contributed by atoms with E-state index in [0.29, 0.717) is 38.9 Å². The summed E-state index contributed by atoms with van der Waals surface area (Å²) < 4.78 is 39.1. The second kappa shape index (κ2) is 13.3. The van der Waals surface area contributed by atoms with Crippen molar-refractivity contribution < 1.29 is 18.3 Å². The molecule has 0 unspecified atom stereocenters. The molecule has 5 nitrogen and oxygen atoms in total. The van der Waals surface area contributed by atoms with Crippen LogP contribution in [0.25, 0.3) is 0 Å². The van der Waals surface area contributed by atoms with Gasteiger partial charge in [0.2, 0.25) is 0 Å². The number of nitrogens with one attached hydrogen (secondary N) is 2. The van der Waals surface area contributed by atoms with Crippen molar-refractivity contribution >= 4 is 29.9 Å². The molecule has 0 aromatic heterocycles. The lowest BCUT2D eigenvalue weighted by Crippen LogP contribution is -2.45. The third kappa shape index (κ3) is 7.11. The van der Waals surface area contributed by atoms with Crippen molar-refractivity contribution in [2.24, 2.45) is 4.99 Å². The van der Waals surface area contributed by atoms with E-state index in [0.717, 1.165) is 32.1 Å². The van der Waals surface area contributed by atoms with Gasteiger partial charge in [-0.3, -0.25) is 4.99 Å². The number of ether oxygens (including phenoxy) is 2. The number of guanidine groups is 1. The highest BCUT2D eigenvalue weighted by molar-refractivity contribution is 14.0. The summed E-state index contributed by atoms with van der Waals surface area (Å²) in [5, 5.41) is 6.48. The van der Waals surface area contributed by atoms with E-state index in [1.165, 1.54) is 18.2 Å². The summed E-state index contributed by atoms with van der Waals surface area (Å²) in [5.41, 5.74) is -0.326. The normalized spacial score (nSPS) is 15.9. The van der Waals surface area contributed by atoms with E-state index in [1.54, 1.807) is 14.2 Å². The Labute approximate surface area is 183 Å². The van der Waals surface area contributed by atoms with E-state index >= 15 is 0 Å². The van der Waals surface area contributed by atoms with Gasteiger partial charge in [0.05, 0.1) is 13.2 Å². The van der Waals surface area contributed by atoms with Gasteiger partial charge in [-0.2, -0.15) is 0 Å². The van der Waals surface area contributed by atoms with Crippen molar-refractivity contribution in [2.75, 3.05) is 47.1 Å². The quantitative estimate of drug-likeness (QED) is 0.218. The molecule has 1 fully saturated rings. The Bertz CT molecular complexity index is 591. The Morgan fingerprint density at radius 2 is 1.79 bits per heavy atom.